The van der Waals surface area contributed by atoms with Crippen molar-refractivity contribution in [1.29, 1.82) is 0 Å². The topological polar surface area (TPSA) is 93.5 Å². The zero-order valence-electron chi connectivity index (χ0n) is 18.4. The largest absolute Gasteiger partial charge is 0.573 e. The van der Waals surface area contributed by atoms with Gasteiger partial charge in [0, 0.05) is 11.1 Å². The van der Waals surface area contributed by atoms with Crippen LogP contribution in [0.15, 0.2) is 59.4 Å². The molecule has 4 aromatic rings. The van der Waals surface area contributed by atoms with Crippen LogP contribution in [0, 0.1) is 6.92 Å². The molecular formula is C24H16Cl2F3N3O4. The van der Waals surface area contributed by atoms with Gasteiger partial charge in [-0.2, -0.15) is 0 Å². The lowest BCUT2D eigenvalue weighted by atomic mass is 10.1. The van der Waals surface area contributed by atoms with Crippen LogP contribution in [0.4, 0.5) is 18.9 Å². The first-order chi connectivity index (χ1) is 16.9. The van der Waals surface area contributed by atoms with Gasteiger partial charge in [0.2, 0.25) is 0 Å². The standard InChI is InChI=1S/C24H16Cl2F3N3O4/c1-12-30-17-6-4-7-18(31-22(34)14-9-15(25)21(33)16(26)10-14)20(17)23(35)32(12)11-13-5-2-3-8-19(13)36-24(27,28)29/h2-10,33H,11H2,1H3,(H,31,34). The van der Waals surface area contributed by atoms with Crippen LogP contribution in [-0.2, 0) is 6.54 Å². The van der Waals surface area contributed by atoms with Crippen molar-refractivity contribution in [2.75, 3.05) is 5.32 Å². The minimum Gasteiger partial charge on any atom is -0.505 e. The van der Waals surface area contributed by atoms with Crippen LogP contribution in [0.1, 0.15) is 21.7 Å². The highest BCUT2D eigenvalue weighted by Crippen LogP contribution is 2.33. The molecule has 1 aromatic heterocycles. The van der Waals surface area contributed by atoms with Gasteiger partial charge in [-0.15, -0.1) is 13.2 Å². The third-order valence-electron chi connectivity index (χ3n) is 5.23. The molecule has 0 aliphatic carbocycles. The molecule has 1 amide bonds. The molecule has 0 atom stereocenters. The number of para-hydroxylation sites is 1. The second-order valence-corrected chi connectivity index (χ2v) is 8.46. The summed E-state index contributed by atoms with van der Waals surface area (Å²) >= 11 is 11.8. The Morgan fingerprint density at radius 3 is 2.44 bits per heavy atom. The van der Waals surface area contributed by atoms with E-state index < -0.39 is 23.6 Å². The molecule has 0 unspecified atom stereocenters. The second-order valence-electron chi connectivity index (χ2n) is 7.65. The molecule has 0 saturated heterocycles. The maximum absolute atomic E-state index is 13.5. The molecule has 186 valence electrons. The van der Waals surface area contributed by atoms with Crippen LogP contribution in [0.25, 0.3) is 10.9 Å². The van der Waals surface area contributed by atoms with Crippen LogP contribution >= 0.6 is 23.2 Å². The van der Waals surface area contributed by atoms with Gasteiger partial charge < -0.3 is 15.2 Å². The Balaban J connectivity index is 1.76. The molecule has 3 aromatic carbocycles. The SMILES string of the molecule is Cc1nc2cccc(NC(=O)c3cc(Cl)c(O)c(Cl)c3)c2c(=O)n1Cc1ccccc1OC(F)(F)F. The van der Waals surface area contributed by atoms with Gasteiger partial charge in [0.05, 0.1) is 33.2 Å². The summed E-state index contributed by atoms with van der Waals surface area (Å²) in [6.07, 6.45) is -4.91. The fraction of sp³-hybridized carbons (Fsp3) is 0.125. The molecule has 0 spiro atoms. The highest BCUT2D eigenvalue weighted by atomic mass is 35.5. The van der Waals surface area contributed by atoms with Crippen LogP contribution in [0.3, 0.4) is 0 Å². The summed E-state index contributed by atoms with van der Waals surface area (Å²) in [5.41, 5.74) is -0.0662. The molecule has 0 bridgehead atoms. The quantitative estimate of drug-likeness (QED) is 0.329. The van der Waals surface area contributed by atoms with Crippen molar-refractivity contribution >= 4 is 45.7 Å². The van der Waals surface area contributed by atoms with E-state index >= 15 is 0 Å². The molecule has 0 aliphatic heterocycles. The smallest absolute Gasteiger partial charge is 0.505 e. The van der Waals surface area contributed by atoms with E-state index in [2.05, 4.69) is 15.0 Å². The molecule has 0 aliphatic rings. The number of ether oxygens (including phenoxy) is 1. The summed E-state index contributed by atoms with van der Waals surface area (Å²) in [5, 5.41) is 12.1. The Kier molecular flexibility index (Phi) is 6.83. The lowest BCUT2D eigenvalue weighted by Gasteiger charge is -2.16. The Morgan fingerprint density at radius 2 is 1.78 bits per heavy atom. The van der Waals surface area contributed by atoms with Crippen LogP contribution in [0.2, 0.25) is 10.0 Å². The second kappa shape index (κ2) is 9.71. The van der Waals surface area contributed by atoms with E-state index in [0.29, 0.717) is 0 Å². The normalized spacial score (nSPS) is 11.5. The minimum atomic E-state index is -4.91. The number of rotatable bonds is 5. The third-order valence-corrected chi connectivity index (χ3v) is 5.80. The number of anilines is 1. The predicted octanol–water partition coefficient (Wildman–Crippen LogP) is 5.92. The van der Waals surface area contributed by atoms with Gasteiger partial charge >= 0.3 is 6.36 Å². The summed E-state index contributed by atoms with van der Waals surface area (Å²) < 4.78 is 43.8. The average molecular weight is 538 g/mol. The Hall–Kier alpha value is -3.76. The number of nitrogens with one attached hydrogen (secondary N) is 1. The number of nitrogens with zero attached hydrogens (tertiary/aromatic N) is 2. The van der Waals surface area contributed by atoms with Gasteiger partial charge in [-0.3, -0.25) is 14.2 Å². The number of phenols is 1. The third kappa shape index (κ3) is 5.24. The van der Waals surface area contributed by atoms with Gasteiger partial charge in [0.1, 0.15) is 11.6 Å². The van der Waals surface area contributed by atoms with Gasteiger partial charge in [0.25, 0.3) is 11.5 Å². The van der Waals surface area contributed by atoms with E-state index in [1.165, 1.54) is 41.0 Å². The van der Waals surface area contributed by atoms with Gasteiger partial charge in [-0.05, 0) is 37.3 Å². The molecule has 0 saturated carbocycles. The van der Waals surface area contributed by atoms with E-state index in [9.17, 15) is 27.9 Å². The molecular weight excluding hydrogens is 522 g/mol. The van der Waals surface area contributed by atoms with Crippen molar-refractivity contribution in [1.82, 2.24) is 9.55 Å². The fourth-order valence-corrected chi connectivity index (χ4v) is 4.07. The number of halogens is 5. The summed E-state index contributed by atoms with van der Waals surface area (Å²) in [5.74, 6) is -1.24. The molecule has 7 nitrogen and oxygen atoms in total. The number of alkyl halides is 3. The molecule has 36 heavy (non-hydrogen) atoms. The first kappa shape index (κ1) is 25.3. The summed E-state index contributed by atoms with van der Waals surface area (Å²) in [6, 6.07) is 12.5. The number of aromatic hydroxyl groups is 1. The molecule has 12 heteroatoms. The number of amides is 1. The number of hydrogen-bond acceptors (Lipinski definition) is 5. The lowest BCUT2D eigenvalue weighted by molar-refractivity contribution is -0.274. The zero-order chi connectivity index (χ0) is 26.2. The van der Waals surface area contributed by atoms with E-state index in [0.717, 1.165) is 6.07 Å². The molecule has 2 N–H and O–H groups in total. The van der Waals surface area contributed by atoms with Gasteiger partial charge in [-0.1, -0.05) is 47.5 Å². The minimum absolute atomic E-state index is 0.0263. The fourth-order valence-electron chi connectivity index (χ4n) is 3.59. The van der Waals surface area contributed by atoms with Crippen molar-refractivity contribution in [3.63, 3.8) is 0 Å². The van der Waals surface area contributed by atoms with Gasteiger partial charge in [-0.25, -0.2) is 4.98 Å². The Labute approximate surface area is 211 Å². The first-order valence-electron chi connectivity index (χ1n) is 10.3. The number of aromatic nitrogens is 2. The highest BCUT2D eigenvalue weighted by molar-refractivity contribution is 6.37. The number of aryl methyl sites for hydroxylation is 1. The van der Waals surface area contributed by atoms with Crippen molar-refractivity contribution < 1.29 is 27.8 Å². The van der Waals surface area contributed by atoms with E-state index in [4.69, 9.17) is 23.2 Å². The Morgan fingerprint density at radius 1 is 1.11 bits per heavy atom. The molecule has 0 radical (unpaired) electrons. The maximum Gasteiger partial charge on any atom is 0.573 e. The average Bonchev–Trinajstić information content (AvgIpc) is 2.79. The van der Waals surface area contributed by atoms with E-state index in [1.54, 1.807) is 19.1 Å². The monoisotopic (exact) mass is 537 g/mol. The number of hydrogen-bond donors (Lipinski definition) is 2. The number of carbonyl (C=O) groups excluding carboxylic acids is 1. The van der Waals surface area contributed by atoms with Crippen LogP contribution in [-0.4, -0.2) is 26.9 Å². The molecule has 0 fully saturated rings. The molecule has 4 rings (SSSR count). The van der Waals surface area contributed by atoms with Crippen molar-refractivity contribution in [2.45, 2.75) is 19.8 Å². The summed E-state index contributed by atoms with van der Waals surface area (Å²) in [4.78, 5) is 30.7. The molecule has 1 heterocycles. The van der Waals surface area contributed by atoms with Crippen molar-refractivity contribution in [2.24, 2.45) is 0 Å². The lowest BCUT2D eigenvalue weighted by Crippen LogP contribution is -2.26. The van der Waals surface area contributed by atoms with Crippen molar-refractivity contribution in [3.05, 3.63) is 91.9 Å². The number of phenolic OH excluding ortho intramolecular Hbond substituents is 1. The summed E-state index contributed by atoms with van der Waals surface area (Å²) in [7, 11) is 0. The van der Waals surface area contributed by atoms with Gasteiger partial charge in [0.15, 0.2) is 5.75 Å². The number of benzene rings is 3. The van der Waals surface area contributed by atoms with Crippen molar-refractivity contribution in [3.8, 4) is 11.5 Å². The number of fused-ring (bicyclic) bond motifs is 1. The van der Waals surface area contributed by atoms with E-state index in [1.807, 2.05) is 0 Å². The first-order valence-corrected chi connectivity index (χ1v) is 11.0. The predicted molar refractivity (Wildman–Crippen MR) is 129 cm³/mol. The van der Waals surface area contributed by atoms with E-state index in [-0.39, 0.29) is 55.9 Å². The zero-order valence-corrected chi connectivity index (χ0v) is 19.9. The van der Waals surface area contributed by atoms with Crippen LogP contribution < -0.4 is 15.6 Å². The Bertz CT molecular complexity index is 1530. The maximum atomic E-state index is 13.5. The number of carbonyl (C=O) groups is 1. The summed E-state index contributed by atoms with van der Waals surface area (Å²) in [6.45, 7) is 1.28. The van der Waals surface area contributed by atoms with Crippen LogP contribution in [0.5, 0.6) is 11.5 Å². The highest BCUT2D eigenvalue weighted by Gasteiger charge is 2.32.